The molecule has 0 fully saturated rings. The van der Waals surface area contributed by atoms with Gasteiger partial charge in [0, 0.05) is 18.1 Å². The molecule has 0 saturated heterocycles. The van der Waals surface area contributed by atoms with E-state index in [1.165, 1.54) is 0 Å². The number of nitrogens with zero attached hydrogens (tertiary/aromatic N) is 1. The molecule has 0 aliphatic heterocycles. The Morgan fingerprint density at radius 1 is 1.39 bits per heavy atom. The highest BCUT2D eigenvalue weighted by molar-refractivity contribution is 7.09. The van der Waals surface area contributed by atoms with Crippen LogP contribution in [-0.2, 0) is 15.1 Å². The Morgan fingerprint density at radius 3 is 2.56 bits per heavy atom. The van der Waals surface area contributed by atoms with Gasteiger partial charge in [-0.15, -0.1) is 11.3 Å². The Bertz CT molecular complexity index is 380. The number of nitrogens with one attached hydrogen (secondary N) is 1. The number of carbonyl (C=O) groups is 1. The van der Waals surface area contributed by atoms with E-state index in [1.807, 2.05) is 26.2 Å². The average molecular weight is 270 g/mol. The largest absolute Gasteiger partial charge is 0.460 e. The van der Waals surface area contributed by atoms with Crippen LogP contribution < -0.4 is 5.32 Å². The van der Waals surface area contributed by atoms with Crippen LogP contribution in [0.5, 0.6) is 0 Å². The highest BCUT2D eigenvalue weighted by Crippen LogP contribution is 2.21. The minimum absolute atomic E-state index is 0.176. The fourth-order valence-electron chi connectivity index (χ4n) is 1.48. The number of hydrogen-bond acceptors (Lipinski definition) is 5. The van der Waals surface area contributed by atoms with Crippen molar-refractivity contribution in [1.29, 1.82) is 0 Å². The zero-order valence-electron chi connectivity index (χ0n) is 11.7. The third kappa shape index (κ3) is 5.14. The fraction of sp³-hybridized carbons (Fsp3) is 0.692. The predicted molar refractivity (Wildman–Crippen MR) is 73.6 cm³/mol. The van der Waals surface area contributed by atoms with E-state index in [-0.39, 0.29) is 11.5 Å². The smallest absolute Gasteiger partial charge is 0.307 e. The van der Waals surface area contributed by atoms with E-state index in [0.717, 1.165) is 5.01 Å². The van der Waals surface area contributed by atoms with Crippen LogP contribution in [0.3, 0.4) is 0 Å². The Balaban J connectivity index is 2.36. The highest BCUT2D eigenvalue weighted by Gasteiger charge is 2.23. The lowest BCUT2D eigenvalue weighted by Crippen LogP contribution is -2.38. The standard InChI is InChI=1S/C13H22N2O2S/c1-12(2,3)17-10(16)6-7-15-13(4,5)11-14-8-9-18-11/h8-9,15H,6-7H2,1-5H3. The molecule has 0 aliphatic carbocycles. The van der Waals surface area contributed by atoms with E-state index in [9.17, 15) is 4.79 Å². The summed E-state index contributed by atoms with van der Waals surface area (Å²) < 4.78 is 5.25. The predicted octanol–water partition coefficient (Wildman–Crippen LogP) is 2.70. The summed E-state index contributed by atoms with van der Waals surface area (Å²) in [5.74, 6) is -0.176. The monoisotopic (exact) mass is 270 g/mol. The lowest BCUT2D eigenvalue weighted by atomic mass is 10.1. The third-order valence-electron chi connectivity index (χ3n) is 2.28. The third-order valence-corrected chi connectivity index (χ3v) is 3.38. The molecular weight excluding hydrogens is 248 g/mol. The number of thiazole rings is 1. The quantitative estimate of drug-likeness (QED) is 0.836. The van der Waals surface area contributed by atoms with Gasteiger partial charge < -0.3 is 10.1 Å². The maximum Gasteiger partial charge on any atom is 0.307 e. The molecule has 0 atom stereocenters. The van der Waals surface area contributed by atoms with Gasteiger partial charge in [-0.25, -0.2) is 4.98 Å². The summed E-state index contributed by atoms with van der Waals surface area (Å²) in [5, 5.41) is 6.30. The minimum atomic E-state index is -0.415. The Hall–Kier alpha value is -0.940. The van der Waals surface area contributed by atoms with Crippen molar-refractivity contribution in [3.05, 3.63) is 16.6 Å². The molecule has 1 aromatic heterocycles. The highest BCUT2D eigenvalue weighted by atomic mass is 32.1. The zero-order chi connectivity index (χ0) is 13.8. The van der Waals surface area contributed by atoms with E-state index in [1.54, 1.807) is 17.5 Å². The normalized spacial score (nSPS) is 12.5. The van der Waals surface area contributed by atoms with Crippen molar-refractivity contribution in [1.82, 2.24) is 10.3 Å². The summed E-state index contributed by atoms with van der Waals surface area (Å²) in [6.45, 7) is 10.3. The summed E-state index contributed by atoms with van der Waals surface area (Å²) >= 11 is 1.61. The molecule has 102 valence electrons. The van der Waals surface area contributed by atoms with Crippen molar-refractivity contribution in [2.45, 2.75) is 52.2 Å². The minimum Gasteiger partial charge on any atom is -0.460 e. The molecule has 1 heterocycles. The van der Waals surface area contributed by atoms with Gasteiger partial charge in [-0.3, -0.25) is 4.79 Å². The summed E-state index contributed by atoms with van der Waals surface area (Å²) in [7, 11) is 0. The topological polar surface area (TPSA) is 51.2 Å². The van der Waals surface area contributed by atoms with E-state index >= 15 is 0 Å². The molecule has 0 saturated carbocycles. The van der Waals surface area contributed by atoms with Crippen LogP contribution in [-0.4, -0.2) is 23.1 Å². The Kier molecular flexibility index (Phi) is 4.87. The van der Waals surface area contributed by atoms with Gasteiger partial charge in [0.05, 0.1) is 12.0 Å². The first-order valence-corrected chi connectivity index (χ1v) is 6.95. The first-order valence-electron chi connectivity index (χ1n) is 6.07. The van der Waals surface area contributed by atoms with Crippen LogP contribution in [0.1, 0.15) is 46.0 Å². The van der Waals surface area contributed by atoms with Crippen LogP contribution in [0.15, 0.2) is 11.6 Å². The second-order valence-corrected chi connectivity index (χ2v) is 6.62. The van der Waals surface area contributed by atoms with Gasteiger partial charge in [0.1, 0.15) is 10.6 Å². The Labute approximate surface area is 113 Å². The summed E-state index contributed by atoms with van der Waals surface area (Å²) in [5.41, 5.74) is -0.627. The van der Waals surface area contributed by atoms with Crippen molar-refractivity contribution < 1.29 is 9.53 Å². The number of hydrogen-bond donors (Lipinski definition) is 1. The van der Waals surface area contributed by atoms with Crippen molar-refractivity contribution in [2.75, 3.05) is 6.54 Å². The average Bonchev–Trinajstić information content (AvgIpc) is 2.66. The van der Waals surface area contributed by atoms with Crippen molar-refractivity contribution in [2.24, 2.45) is 0 Å². The van der Waals surface area contributed by atoms with Crippen LogP contribution in [0.2, 0.25) is 0 Å². The van der Waals surface area contributed by atoms with Gasteiger partial charge in [-0.1, -0.05) is 0 Å². The number of ether oxygens (including phenoxy) is 1. The first kappa shape index (κ1) is 15.1. The molecule has 4 nitrogen and oxygen atoms in total. The van der Waals surface area contributed by atoms with E-state index in [2.05, 4.69) is 24.1 Å². The summed E-state index contributed by atoms with van der Waals surface area (Å²) in [6, 6.07) is 0. The van der Waals surface area contributed by atoms with Gasteiger partial charge in [0.25, 0.3) is 0 Å². The molecule has 0 aromatic carbocycles. The zero-order valence-corrected chi connectivity index (χ0v) is 12.6. The molecule has 1 aromatic rings. The van der Waals surface area contributed by atoms with E-state index in [0.29, 0.717) is 13.0 Å². The number of carbonyl (C=O) groups excluding carboxylic acids is 1. The van der Waals surface area contributed by atoms with Gasteiger partial charge >= 0.3 is 5.97 Å². The molecule has 0 amide bonds. The maximum absolute atomic E-state index is 11.6. The Morgan fingerprint density at radius 2 is 2.06 bits per heavy atom. The molecule has 0 aliphatic rings. The van der Waals surface area contributed by atoms with Crippen LogP contribution in [0, 0.1) is 0 Å². The van der Waals surface area contributed by atoms with Crippen LogP contribution in [0.4, 0.5) is 0 Å². The molecule has 1 N–H and O–H groups in total. The lowest BCUT2D eigenvalue weighted by Gasteiger charge is -2.24. The van der Waals surface area contributed by atoms with Crippen LogP contribution >= 0.6 is 11.3 Å². The summed E-state index contributed by atoms with van der Waals surface area (Å²) in [6.07, 6.45) is 2.16. The number of rotatable bonds is 5. The van der Waals surface area contributed by atoms with Crippen molar-refractivity contribution in [3.63, 3.8) is 0 Å². The molecule has 0 spiro atoms. The number of aromatic nitrogens is 1. The second-order valence-electron chi connectivity index (χ2n) is 5.73. The second kappa shape index (κ2) is 5.80. The van der Waals surface area contributed by atoms with Crippen molar-refractivity contribution >= 4 is 17.3 Å². The van der Waals surface area contributed by atoms with Gasteiger partial charge in [0.15, 0.2) is 0 Å². The molecule has 1 rings (SSSR count). The van der Waals surface area contributed by atoms with Crippen molar-refractivity contribution in [3.8, 4) is 0 Å². The molecule has 0 bridgehead atoms. The first-order chi connectivity index (χ1) is 8.21. The molecule has 5 heteroatoms. The summed E-state index contributed by atoms with van der Waals surface area (Å²) in [4.78, 5) is 15.8. The van der Waals surface area contributed by atoms with E-state index < -0.39 is 5.60 Å². The molecular formula is C13H22N2O2S. The number of esters is 1. The van der Waals surface area contributed by atoms with Gasteiger partial charge in [-0.05, 0) is 34.6 Å². The SMILES string of the molecule is CC(C)(C)OC(=O)CCNC(C)(C)c1nccs1. The fourth-order valence-corrected chi connectivity index (χ4v) is 2.22. The molecule has 0 unspecified atom stereocenters. The lowest BCUT2D eigenvalue weighted by molar-refractivity contribution is -0.154. The van der Waals surface area contributed by atoms with Crippen LogP contribution in [0.25, 0.3) is 0 Å². The van der Waals surface area contributed by atoms with E-state index in [4.69, 9.17) is 4.74 Å². The van der Waals surface area contributed by atoms with Gasteiger partial charge in [-0.2, -0.15) is 0 Å². The maximum atomic E-state index is 11.6. The van der Waals surface area contributed by atoms with Gasteiger partial charge in [0.2, 0.25) is 0 Å². The molecule has 0 radical (unpaired) electrons. The molecule has 18 heavy (non-hydrogen) atoms.